The number of allylic oxidation sites excluding steroid dienone is 2. The number of methoxy groups -OCH3 is 1. The van der Waals surface area contributed by atoms with Crippen molar-refractivity contribution in [2.45, 2.75) is 69.8 Å². The highest BCUT2D eigenvalue weighted by molar-refractivity contribution is 6.22. The Bertz CT molecular complexity index is 900. The second kappa shape index (κ2) is 10.5. The molecule has 10 heteroatoms. The number of aliphatic hydroxyl groups is 1. The lowest BCUT2D eigenvalue weighted by Gasteiger charge is -2.35. The number of carbonyl (C=O) groups excluding carboxylic acids is 4. The number of halogens is 1. The molecule has 9 nitrogen and oxygen atoms in total. The number of hydrogen-bond donors (Lipinski definition) is 1. The van der Waals surface area contributed by atoms with E-state index in [0.717, 1.165) is 26.5 Å². The summed E-state index contributed by atoms with van der Waals surface area (Å²) in [6, 6.07) is 0. The molecule has 0 amide bonds. The van der Waals surface area contributed by atoms with Gasteiger partial charge in [0.25, 0.3) is 0 Å². The minimum Gasteiger partial charge on any atom is -0.466 e. The van der Waals surface area contributed by atoms with Crippen molar-refractivity contribution in [2.75, 3.05) is 7.11 Å². The van der Waals surface area contributed by atoms with Crippen LogP contribution in [0.15, 0.2) is 35.5 Å². The fourth-order valence-electron chi connectivity index (χ4n) is 3.60. The van der Waals surface area contributed by atoms with Crippen LogP contribution >= 0.6 is 11.6 Å². The molecule has 0 aromatic heterocycles. The maximum atomic E-state index is 12.9. The number of rotatable bonds is 5. The van der Waals surface area contributed by atoms with E-state index in [1.807, 2.05) is 6.92 Å². The molecule has 6 unspecified atom stereocenters. The van der Waals surface area contributed by atoms with Gasteiger partial charge < -0.3 is 24.1 Å². The molecule has 0 bridgehead atoms. The Morgan fingerprint density at radius 3 is 2.52 bits per heavy atom. The van der Waals surface area contributed by atoms with Crippen LogP contribution in [0.4, 0.5) is 0 Å². The minimum absolute atomic E-state index is 0.0395. The smallest absolute Gasteiger partial charge is 0.339 e. The summed E-state index contributed by atoms with van der Waals surface area (Å²) in [5, 5.41) is 9.51. The zero-order chi connectivity index (χ0) is 25.1. The van der Waals surface area contributed by atoms with Crippen molar-refractivity contribution in [1.82, 2.24) is 0 Å². The van der Waals surface area contributed by atoms with Crippen LogP contribution in [0.5, 0.6) is 0 Å². The zero-order valence-electron chi connectivity index (χ0n) is 19.3. The molecular formula is C23H29ClO9. The van der Waals surface area contributed by atoms with Gasteiger partial charge in [0.05, 0.1) is 24.0 Å². The molecule has 0 spiro atoms. The van der Waals surface area contributed by atoms with Crippen LogP contribution in [0.2, 0.25) is 0 Å². The van der Waals surface area contributed by atoms with Crippen LogP contribution in [-0.4, -0.2) is 65.4 Å². The number of ether oxygens (including phenoxy) is 4. The maximum absolute atomic E-state index is 12.9. The molecule has 0 saturated carbocycles. The molecule has 1 N–H and O–H groups in total. The van der Waals surface area contributed by atoms with Gasteiger partial charge in [-0.05, 0) is 39.7 Å². The summed E-state index contributed by atoms with van der Waals surface area (Å²) in [6.45, 7) is 9.28. The van der Waals surface area contributed by atoms with Gasteiger partial charge in [-0.3, -0.25) is 4.79 Å². The average Bonchev–Trinajstić information content (AvgIpc) is 2.99. The van der Waals surface area contributed by atoms with Crippen molar-refractivity contribution in [3.05, 3.63) is 35.5 Å². The van der Waals surface area contributed by atoms with Crippen molar-refractivity contribution in [3.8, 4) is 0 Å². The van der Waals surface area contributed by atoms with Crippen molar-refractivity contribution < 1.29 is 43.2 Å². The number of hydrogen-bond acceptors (Lipinski definition) is 9. The molecule has 2 rings (SSSR count). The molecule has 2 aliphatic rings. The van der Waals surface area contributed by atoms with Crippen molar-refractivity contribution in [1.29, 1.82) is 0 Å². The van der Waals surface area contributed by atoms with E-state index in [2.05, 4.69) is 6.58 Å². The molecule has 33 heavy (non-hydrogen) atoms. The third kappa shape index (κ3) is 5.83. The van der Waals surface area contributed by atoms with Gasteiger partial charge in [-0.15, -0.1) is 11.6 Å². The van der Waals surface area contributed by atoms with Crippen LogP contribution < -0.4 is 0 Å². The Hall–Kier alpha value is -2.65. The van der Waals surface area contributed by atoms with E-state index in [9.17, 15) is 24.3 Å². The lowest BCUT2D eigenvalue weighted by Crippen LogP contribution is -2.51. The van der Waals surface area contributed by atoms with Crippen LogP contribution in [0, 0.1) is 5.92 Å². The molecule has 1 saturated heterocycles. The monoisotopic (exact) mass is 484 g/mol. The average molecular weight is 485 g/mol. The largest absolute Gasteiger partial charge is 0.466 e. The van der Waals surface area contributed by atoms with E-state index in [-0.39, 0.29) is 11.1 Å². The second-order valence-corrected chi connectivity index (χ2v) is 8.94. The number of esters is 4. The Morgan fingerprint density at radius 1 is 1.33 bits per heavy atom. The lowest BCUT2D eigenvalue weighted by atomic mass is 9.83. The first-order chi connectivity index (χ1) is 15.3. The van der Waals surface area contributed by atoms with Crippen LogP contribution in [-0.2, 0) is 38.1 Å². The molecule has 0 aromatic carbocycles. The third-order valence-electron chi connectivity index (χ3n) is 5.72. The number of carbonyl (C=O) groups is 4. The van der Waals surface area contributed by atoms with Gasteiger partial charge in [0, 0.05) is 12.5 Å². The van der Waals surface area contributed by atoms with E-state index < -0.39 is 59.1 Å². The molecule has 1 heterocycles. The Morgan fingerprint density at radius 2 is 1.97 bits per heavy atom. The van der Waals surface area contributed by atoms with E-state index in [4.69, 9.17) is 30.5 Å². The summed E-state index contributed by atoms with van der Waals surface area (Å²) in [4.78, 5) is 50.0. The Labute approximate surface area is 197 Å². The molecule has 1 aliphatic carbocycles. The second-order valence-electron chi connectivity index (χ2n) is 8.29. The van der Waals surface area contributed by atoms with Crippen molar-refractivity contribution in [3.63, 3.8) is 0 Å². The zero-order valence-corrected chi connectivity index (χ0v) is 20.0. The molecule has 1 fully saturated rings. The van der Waals surface area contributed by atoms with Crippen LogP contribution in [0.1, 0.15) is 40.5 Å². The molecule has 1 aliphatic heterocycles. The number of fused-ring (bicyclic) bond motifs is 1. The third-order valence-corrected chi connectivity index (χ3v) is 6.14. The normalized spacial score (nSPS) is 28.2. The predicted octanol–water partition coefficient (Wildman–Crippen LogP) is 2.15. The van der Waals surface area contributed by atoms with E-state index >= 15 is 0 Å². The first kappa shape index (κ1) is 26.6. The van der Waals surface area contributed by atoms with Gasteiger partial charge in [0.2, 0.25) is 0 Å². The fraction of sp³-hybridized carbons (Fsp3) is 0.565. The summed E-state index contributed by atoms with van der Waals surface area (Å²) in [5.41, 5.74) is -1.39. The topological polar surface area (TPSA) is 125 Å². The molecular weight excluding hydrogens is 456 g/mol. The van der Waals surface area contributed by atoms with Gasteiger partial charge in [0.15, 0.2) is 17.8 Å². The summed E-state index contributed by atoms with van der Waals surface area (Å²) >= 11 is 5.96. The van der Waals surface area contributed by atoms with Crippen molar-refractivity contribution >= 4 is 35.5 Å². The molecule has 182 valence electrons. The van der Waals surface area contributed by atoms with Crippen LogP contribution in [0.25, 0.3) is 0 Å². The van der Waals surface area contributed by atoms with Crippen LogP contribution in [0.3, 0.4) is 0 Å². The summed E-state index contributed by atoms with van der Waals surface area (Å²) in [6.07, 6.45) is 0.283. The van der Waals surface area contributed by atoms with Gasteiger partial charge in [0.1, 0.15) is 6.10 Å². The first-order valence-corrected chi connectivity index (χ1v) is 10.8. The fourth-order valence-corrected chi connectivity index (χ4v) is 3.69. The molecule has 0 radical (unpaired) electrons. The van der Waals surface area contributed by atoms with E-state index in [0.29, 0.717) is 12.8 Å². The Kier molecular flexibility index (Phi) is 8.48. The summed E-state index contributed by atoms with van der Waals surface area (Å²) in [5.74, 6) is -4.47. The predicted molar refractivity (Wildman–Crippen MR) is 117 cm³/mol. The molecule has 0 aromatic rings. The van der Waals surface area contributed by atoms with E-state index in [1.54, 1.807) is 6.08 Å². The lowest BCUT2D eigenvalue weighted by molar-refractivity contribution is -0.183. The van der Waals surface area contributed by atoms with Gasteiger partial charge in [-0.1, -0.05) is 18.2 Å². The SMILES string of the molecule is C=C1C(=O)OC2C=C(C)CCC=C(C(=O)OC)C(OC(C)=O)C(OC(=O)C(C)(O)C(C)Cl)C12. The number of alkyl halides is 1. The summed E-state index contributed by atoms with van der Waals surface area (Å²) < 4.78 is 21.4. The van der Waals surface area contributed by atoms with Gasteiger partial charge in [-0.25, -0.2) is 14.4 Å². The van der Waals surface area contributed by atoms with Gasteiger partial charge in [-0.2, -0.15) is 0 Å². The van der Waals surface area contributed by atoms with Crippen molar-refractivity contribution in [2.24, 2.45) is 5.92 Å². The Balaban J connectivity index is 2.72. The van der Waals surface area contributed by atoms with Gasteiger partial charge >= 0.3 is 23.9 Å². The highest BCUT2D eigenvalue weighted by Gasteiger charge is 2.52. The van der Waals surface area contributed by atoms with E-state index in [1.165, 1.54) is 13.0 Å². The summed E-state index contributed by atoms with van der Waals surface area (Å²) in [7, 11) is 1.16. The highest BCUT2D eigenvalue weighted by Crippen LogP contribution is 2.38. The standard InChI is InChI=1S/C23H29ClO9/c1-11-8-7-9-15(21(27)30-6)18(31-14(4)25)19(33-22(28)23(5,29)13(3)24)17-12(2)20(26)32-16(17)10-11/h9-10,13,16-19,29H,2,7-8H2,1,3-6H3. The maximum Gasteiger partial charge on any atom is 0.339 e. The highest BCUT2D eigenvalue weighted by atomic mass is 35.5. The quantitative estimate of drug-likeness (QED) is 0.205. The first-order valence-electron chi connectivity index (χ1n) is 10.4. The minimum atomic E-state index is -2.13. The molecule has 6 atom stereocenters.